The summed E-state index contributed by atoms with van der Waals surface area (Å²) in [7, 11) is 0. The maximum absolute atomic E-state index is 10.7. The summed E-state index contributed by atoms with van der Waals surface area (Å²) >= 11 is 2.89. The third-order valence-corrected chi connectivity index (χ3v) is 3.33. The summed E-state index contributed by atoms with van der Waals surface area (Å²) in [5.74, 6) is 1.10. The largest absolute Gasteiger partial charge is 0.344 e. The highest BCUT2D eigenvalue weighted by atomic mass is 32.2. The summed E-state index contributed by atoms with van der Waals surface area (Å²) in [5, 5.41) is 0.904. The third-order valence-electron chi connectivity index (χ3n) is 1.33. The first-order chi connectivity index (χ1) is 4.86. The second-order valence-electron chi connectivity index (χ2n) is 2.06. The zero-order valence-corrected chi connectivity index (χ0v) is 6.87. The van der Waals surface area contributed by atoms with Crippen molar-refractivity contribution in [2.24, 2.45) is 0 Å². The van der Waals surface area contributed by atoms with Crippen LogP contribution in [0.25, 0.3) is 0 Å². The Morgan fingerprint density at radius 3 is 3.30 bits per heavy atom. The van der Waals surface area contributed by atoms with Crippen LogP contribution in [0.2, 0.25) is 0 Å². The van der Waals surface area contributed by atoms with Crippen LogP contribution in [0, 0.1) is 0 Å². The first-order valence-corrected chi connectivity index (χ1v) is 4.83. The summed E-state index contributed by atoms with van der Waals surface area (Å²) in [4.78, 5) is 14.5. The number of thioether (sulfide) groups is 1. The van der Waals surface area contributed by atoms with E-state index in [0.717, 1.165) is 23.9 Å². The molecule has 2 rings (SSSR count). The van der Waals surface area contributed by atoms with Gasteiger partial charge in [0.25, 0.3) is 0 Å². The predicted molar refractivity (Wildman–Crippen MR) is 41.7 cm³/mol. The monoisotopic (exact) mass is 174 g/mol. The molecule has 5 heteroatoms. The Hall–Kier alpha value is -0.290. The molecule has 0 aliphatic carbocycles. The number of hydrogen-bond acceptors (Lipinski definition) is 4. The van der Waals surface area contributed by atoms with Gasteiger partial charge >= 0.3 is 4.87 Å². The van der Waals surface area contributed by atoms with Crippen molar-refractivity contribution in [3.05, 3.63) is 9.67 Å². The zero-order chi connectivity index (χ0) is 6.97. The minimum absolute atomic E-state index is 0.0654. The van der Waals surface area contributed by atoms with Crippen molar-refractivity contribution in [1.82, 2.24) is 8.94 Å². The van der Waals surface area contributed by atoms with Crippen molar-refractivity contribution in [3.63, 3.8) is 0 Å². The lowest BCUT2D eigenvalue weighted by molar-refractivity contribution is 0.647. The molecule has 1 aromatic rings. The molecule has 0 spiro atoms. The average molecular weight is 174 g/mol. The summed E-state index contributed by atoms with van der Waals surface area (Å²) in [6.07, 6.45) is 1.16. The number of aromatic nitrogens is 2. The molecule has 0 N–H and O–H groups in total. The molecule has 1 aliphatic rings. The summed E-state index contributed by atoms with van der Waals surface area (Å²) < 4.78 is 1.97. The molecule has 10 heavy (non-hydrogen) atoms. The summed E-state index contributed by atoms with van der Waals surface area (Å²) in [5.41, 5.74) is 0. The highest BCUT2D eigenvalue weighted by Crippen LogP contribution is 2.22. The molecule has 0 aromatic carbocycles. The van der Waals surface area contributed by atoms with Gasteiger partial charge in [-0.25, -0.2) is 0 Å². The van der Waals surface area contributed by atoms with E-state index in [1.54, 1.807) is 11.8 Å². The first kappa shape index (κ1) is 6.42. The molecule has 0 amide bonds. The smallest absolute Gasteiger partial charge is 0.272 e. The second-order valence-corrected chi connectivity index (χ2v) is 4.09. The minimum Gasteiger partial charge on any atom is -0.272 e. The van der Waals surface area contributed by atoms with E-state index >= 15 is 0 Å². The Labute approximate surface area is 66.2 Å². The normalized spacial score (nSPS) is 16.8. The van der Waals surface area contributed by atoms with Crippen molar-refractivity contribution in [2.45, 2.75) is 18.1 Å². The Morgan fingerprint density at radius 1 is 1.60 bits per heavy atom. The van der Waals surface area contributed by atoms with Crippen molar-refractivity contribution >= 4 is 23.3 Å². The van der Waals surface area contributed by atoms with Gasteiger partial charge in [-0.2, -0.15) is 4.98 Å². The Balaban J connectivity index is 2.50. The molecule has 54 valence electrons. The summed E-state index contributed by atoms with van der Waals surface area (Å²) in [6, 6.07) is 0. The highest BCUT2D eigenvalue weighted by molar-refractivity contribution is 7.99. The number of rotatable bonds is 0. The maximum Gasteiger partial charge on any atom is 0.344 e. The van der Waals surface area contributed by atoms with Gasteiger partial charge in [0.1, 0.15) is 0 Å². The summed E-state index contributed by atoms with van der Waals surface area (Å²) in [6.45, 7) is 0.974. The highest BCUT2D eigenvalue weighted by Gasteiger charge is 2.11. The fraction of sp³-hybridized carbons (Fsp3) is 0.600. The van der Waals surface area contributed by atoms with E-state index in [4.69, 9.17) is 0 Å². The lowest BCUT2D eigenvalue weighted by Gasteiger charge is -2.09. The third kappa shape index (κ3) is 0.992. The molecule has 1 aliphatic heterocycles. The van der Waals surface area contributed by atoms with Gasteiger partial charge in [0, 0.05) is 23.8 Å². The topological polar surface area (TPSA) is 34.9 Å². The number of fused-ring (bicyclic) bond motifs is 1. The number of nitrogens with zero attached hydrogens (tertiary/aromatic N) is 2. The van der Waals surface area contributed by atoms with Crippen LogP contribution >= 0.6 is 23.3 Å². The van der Waals surface area contributed by atoms with Gasteiger partial charge in [-0.3, -0.25) is 8.75 Å². The average Bonchev–Trinajstić information content (AvgIpc) is 2.27. The molecular formula is C5H6N2OS2. The number of hydrogen-bond donors (Lipinski definition) is 0. The van der Waals surface area contributed by atoms with Crippen LogP contribution in [-0.4, -0.2) is 14.7 Å². The molecule has 0 unspecified atom stereocenters. The molecule has 0 saturated carbocycles. The molecular weight excluding hydrogens is 168 g/mol. The SMILES string of the molecule is O=c1nc2n(s1)CCCS2. The van der Waals surface area contributed by atoms with Crippen LogP contribution < -0.4 is 4.87 Å². The van der Waals surface area contributed by atoms with Crippen LogP contribution in [0.15, 0.2) is 9.95 Å². The maximum atomic E-state index is 10.7. The van der Waals surface area contributed by atoms with Crippen molar-refractivity contribution < 1.29 is 0 Å². The lowest BCUT2D eigenvalue weighted by atomic mass is 10.5. The van der Waals surface area contributed by atoms with Gasteiger partial charge in [-0.05, 0) is 6.42 Å². The van der Waals surface area contributed by atoms with Gasteiger partial charge in [-0.1, -0.05) is 11.8 Å². The van der Waals surface area contributed by atoms with E-state index in [-0.39, 0.29) is 4.87 Å². The fourth-order valence-corrected chi connectivity index (χ4v) is 2.73. The van der Waals surface area contributed by atoms with E-state index in [1.165, 1.54) is 11.5 Å². The van der Waals surface area contributed by atoms with Crippen LogP contribution in [0.5, 0.6) is 0 Å². The first-order valence-electron chi connectivity index (χ1n) is 3.07. The van der Waals surface area contributed by atoms with Crippen LogP contribution in [0.3, 0.4) is 0 Å². The number of aryl methyl sites for hydroxylation is 1. The van der Waals surface area contributed by atoms with Gasteiger partial charge in [0.05, 0.1) is 0 Å². The predicted octanol–water partition coefficient (Wildman–Crippen LogP) is 0.801. The molecule has 3 nitrogen and oxygen atoms in total. The standard InChI is InChI=1S/C5H6N2OS2/c8-5-6-4-7(10-5)2-1-3-9-4/h1-3H2. The lowest BCUT2D eigenvalue weighted by Crippen LogP contribution is -2.03. The molecule has 0 fully saturated rings. The van der Waals surface area contributed by atoms with Crippen LogP contribution in [-0.2, 0) is 6.54 Å². The van der Waals surface area contributed by atoms with Crippen molar-refractivity contribution in [2.75, 3.05) is 5.75 Å². The molecule has 0 saturated heterocycles. The Bertz CT molecular complexity index is 264. The molecule has 0 radical (unpaired) electrons. The molecule has 0 atom stereocenters. The van der Waals surface area contributed by atoms with E-state index < -0.39 is 0 Å². The van der Waals surface area contributed by atoms with Gasteiger partial charge in [0.15, 0.2) is 5.16 Å². The zero-order valence-electron chi connectivity index (χ0n) is 5.24. The molecule has 0 bridgehead atoms. The van der Waals surface area contributed by atoms with E-state index in [1.807, 2.05) is 3.96 Å². The van der Waals surface area contributed by atoms with E-state index in [2.05, 4.69) is 4.98 Å². The van der Waals surface area contributed by atoms with Crippen molar-refractivity contribution in [3.8, 4) is 0 Å². The van der Waals surface area contributed by atoms with Crippen LogP contribution in [0.4, 0.5) is 0 Å². The van der Waals surface area contributed by atoms with Gasteiger partial charge in [-0.15, -0.1) is 0 Å². The quantitative estimate of drug-likeness (QED) is 0.583. The van der Waals surface area contributed by atoms with E-state index in [0.29, 0.717) is 0 Å². The van der Waals surface area contributed by atoms with Gasteiger partial charge < -0.3 is 0 Å². The van der Waals surface area contributed by atoms with E-state index in [9.17, 15) is 4.79 Å². The molecule has 1 aromatic heterocycles. The second kappa shape index (κ2) is 2.39. The Morgan fingerprint density at radius 2 is 2.50 bits per heavy atom. The van der Waals surface area contributed by atoms with Crippen molar-refractivity contribution in [1.29, 1.82) is 0 Å². The Kier molecular flexibility index (Phi) is 1.54. The molecule has 2 heterocycles. The fourth-order valence-electron chi connectivity index (χ4n) is 0.905. The minimum atomic E-state index is -0.0654. The van der Waals surface area contributed by atoms with Gasteiger partial charge in [0.2, 0.25) is 0 Å². The van der Waals surface area contributed by atoms with Crippen LogP contribution in [0.1, 0.15) is 6.42 Å².